The highest BCUT2D eigenvalue weighted by atomic mass is 32.2. The Kier molecular flexibility index (Phi) is 3.13. The summed E-state index contributed by atoms with van der Waals surface area (Å²) >= 11 is 0. The number of rotatable bonds is 3. The van der Waals surface area contributed by atoms with E-state index in [0.717, 1.165) is 22.7 Å². The molecule has 0 radical (unpaired) electrons. The first-order chi connectivity index (χ1) is 6.45. The number of hydrogen-bond acceptors (Lipinski definition) is 3. The largest absolute Gasteiger partial charge is 0.245 e. The summed E-state index contributed by atoms with van der Waals surface area (Å²) in [4.78, 5) is 0. The van der Waals surface area contributed by atoms with Crippen LogP contribution in [0, 0.1) is 0 Å². The van der Waals surface area contributed by atoms with Crippen molar-refractivity contribution in [2.24, 2.45) is 5.84 Å². The van der Waals surface area contributed by atoms with Crippen LogP contribution in [0.4, 0.5) is 5.69 Å². The van der Waals surface area contributed by atoms with E-state index in [1.807, 2.05) is 19.1 Å². The molecule has 78 valence electrons. The monoisotopic (exact) mass is 214 g/mol. The first-order valence-corrected chi connectivity index (χ1v) is 6.14. The standard InChI is InChI=1S/C9H14N2O2S/c1-3-8-4-6-9(7-5-8)11(10)14(2,12)13/h4-7H,3,10H2,1-2H3. The van der Waals surface area contributed by atoms with E-state index in [-0.39, 0.29) is 0 Å². The molecule has 0 unspecified atom stereocenters. The third kappa shape index (κ3) is 2.46. The smallest absolute Gasteiger partial charge is 0.233 e. The van der Waals surface area contributed by atoms with Gasteiger partial charge in [-0.2, -0.15) is 0 Å². The van der Waals surface area contributed by atoms with E-state index in [9.17, 15) is 8.42 Å². The Morgan fingerprint density at radius 3 is 2.14 bits per heavy atom. The molecule has 0 aliphatic rings. The van der Waals surface area contributed by atoms with Gasteiger partial charge < -0.3 is 0 Å². The number of benzene rings is 1. The highest BCUT2D eigenvalue weighted by Crippen LogP contribution is 2.14. The third-order valence-electron chi connectivity index (χ3n) is 1.96. The van der Waals surface area contributed by atoms with E-state index in [4.69, 9.17) is 5.84 Å². The molecule has 1 aromatic rings. The van der Waals surface area contributed by atoms with E-state index >= 15 is 0 Å². The summed E-state index contributed by atoms with van der Waals surface area (Å²) in [6, 6.07) is 7.11. The number of hydrazine groups is 1. The molecule has 0 heterocycles. The molecule has 0 fully saturated rings. The molecular formula is C9H14N2O2S. The third-order valence-corrected chi connectivity index (χ3v) is 2.88. The lowest BCUT2D eigenvalue weighted by Crippen LogP contribution is -2.36. The van der Waals surface area contributed by atoms with Crippen molar-refractivity contribution in [3.8, 4) is 0 Å². The predicted octanol–water partition coefficient (Wildman–Crippen LogP) is 0.889. The van der Waals surface area contributed by atoms with Gasteiger partial charge in [0.25, 0.3) is 0 Å². The summed E-state index contributed by atoms with van der Waals surface area (Å²) in [6.45, 7) is 2.03. The van der Waals surface area contributed by atoms with Crippen LogP contribution in [0.2, 0.25) is 0 Å². The molecular weight excluding hydrogens is 200 g/mol. The van der Waals surface area contributed by atoms with Crippen molar-refractivity contribution in [3.05, 3.63) is 29.8 Å². The Morgan fingerprint density at radius 1 is 1.29 bits per heavy atom. The molecule has 0 saturated carbocycles. The van der Waals surface area contributed by atoms with Gasteiger partial charge in [0.15, 0.2) is 0 Å². The maximum absolute atomic E-state index is 11.1. The lowest BCUT2D eigenvalue weighted by molar-refractivity contribution is 0.598. The molecule has 4 nitrogen and oxygen atoms in total. The van der Waals surface area contributed by atoms with Crippen LogP contribution >= 0.6 is 0 Å². The molecule has 0 aliphatic heterocycles. The lowest BCUT2D eigenvalue weighted by Gasteiger charge is -2.15. The highest BCUT2D eigenvalue weighted by Gasteiger charge is 2.11. The zero-order valence-corrected chi connectivity index (χ0v) is 9.08. The van der Waals surface area contributed by atoms with E-state index in [1.165, 1.54) is 0 Å². The minimum absolute atomic E-state index is 0.477. The molecule has 0 atom stereocenters. The van der Waals surface area contributed by atoms with Gasteiger partial charge in [-0.15, -0.1) is 0 Å². The lowest BCUT2D eigenvalue weighted by atomic mass is 10.2. The Hall–Kier alpha value is -1.07. The minimum atomic E-state index is -3.36. The first kappa shape index (κ1) is 11.0. The van der Waals surface area contributed by atoms with E-state index in [1.54, 1.807) is 12.1 Å². The normalized spacial score (nSPS) is 11.4. The average molecular weight is 214 g/mol. The number of hydrogen-bond donors (Lipinski definition) is 1. The van der Waals surface area contributed by atoms with Crippen LogP contribution in [-0.2, 0) is 16.4 Å². The van der Waals surface area contributed by atoms with Gasteiger partial charge in [0.2, 0.25) is 10.0 Å². The number of aryl methyl sites for hydroxylation is 1. The van der Waals surface area contributed by atoms with Gasteiger partial charge in [-0.3, -0.25) is 0 Å². The van der Waals surface area contributed by atoms with Gasteiger partial charge in [0.05, 0.1) is 11.9 Å². The Labute approximate surface area is 84.4 Å². The van der Waals surface area contributed by atoms with Crippen LogP contribution in [0.25, 0.3) is 0 Å². The minimum Gasteiger partial charge on any atom is -0.233 e. The van der Waals surface area contributed by atoms with E-state index in [2.05, 4.69) is 0 Å². The molecule has 5 heteroatoms. The summed E-state index contributed by atoms with van der Waals surface area (Å²) in [5.41, 5.74) is 1.63. The van der Waals surface area contributed by atoms with E-state index < -0.39 is 10.0 Å². The number of sulfonamides is 1. The summed E-state index contributed by atoms with van der Waals surface area (Å²) in [5, 5.41) is 0. The predicted molar refractivity (Wildman–Crippen MR) is 57.3 cm³/mol. The van der Waals surface area contributed by atoms with Gasteiger partial charge in [-0.1, -0.05) is 19.1 Å². The molecule has 0 saturated heterocycles. The molecule has 0 spiro atoms. The SMILES string of the molecule is CCc1ccc(N(N)S(C)(=O)=O)cc1. The van der Waals surface area contributed by atoms with Crippen LogP contribution in [0.5, 0.6) is 0 Å². The summed E-state index contributed by atoms with van der Waals surface area (Å²) in [6.07, 6.45) is 1.99. The summed E-state index contributed by atoms with van der Waals surface area (Å²) in [7, 11) is -3.36. The van der Waals surface area contributed by atoms with Gasteiger partial charge >= 0.3 is 0 Å². The molecule has 1 aromatic carbocycles. The Bertz CT molecular complexity index is 397. The molecule has 0 aromatic heterocycles. The van der Waals surface area contributed by atoms with Gasteiger partial charge in [0.1, 0.15) is 0 Å². The number of nitrogens with two attached hydrogens (primary N) is 1. The quantitative estimate of drug-likeness (QED) is 0.600. The van der Waals surface area contributed by atoms with Gasteiger partial charge in [-0.05, 0) is 24.1 Å². The van der Waals surface area contributed by atoms with E-state index in [0.29, 0.717) is 5.69 Å². The molecule has 0 amide bonds. The van der Waals surface area contributed by atoms with Crippen LogP contribution in [0.3, 0.4) is 0 Å². The second kappa shape index (κ2) is 3.98. The van der Waals surface area contributed by atoms with Gasteiger partial charge in [-0.25, -0.2) is 18.7 Å². The zero-order valence-electron chi connectivity index (χ0n) is 8.27. The molecule has 0 aliphatic carbocycles. The molecule has 2 N–H and O–H groups in total. The van der Waals surface area contributed by atoms with Crippen LogP contribution < -0.4 is 10.3 Å². The van der Waals surface area contributed by atoms with Crippen molar-refractivity contribution in [1.82, 2.24) is 0 Å². The Balaban J connectivity index is 2.98. The highest BCUT2D eigenvalue weighted by molar-refractivity contribution is 7.92. The van der Waals surface area contributed by atoms with Crippen LogP contribution in [0.1, 0.15) is 12.5 Å². The maximum Gasteiger partial charge on any atom is 0.245 e. The van der Waals surface area contributed by atoms with Crippen molar-refractivity contribution >= 4 is 15.7 Å². The number of anilines is 1. The van der Waals surface area contributed by atoms with Crippen molar-refractivity contribution in [2.45, 2.75) is 13.3 Å². The summed E-state index contributed by atoms with van der Waals surface area (Å²) < 4.78 is 22.9. The second-order valence-corrected chi connectivity index (χ2v) is 4.94. The average Bonchev–Trinajstić information content (AvgIpc) is 2.15. The fourth-order valence-corrected chi connectivity index (χ4v) is 1.57. The molecule has 1 rings (SSSR count). The maximum atomic E-state index is 11.1. The fourth-order valence-electron chi connectivity index (χ4n) is 1.07. The second-order valence-electron chi connectivity index (χ2n) is 3.08. The van der Waals surface area contributed by atoms with Crippen molar-refractivity contribution < 1.29 is 8.42 Å². The van der Waals surface area contributed by atoms with Crippen molar-refractivity contribution in [1.29, 1.82) is 0 Å². The summed E-state index contributed by atoms with van der Waals surface area (Å²) in [5.74, 6) is 5.41. The van der Waals surface area contributed by atoms with Crippen LogP contribution in [-0.4, -0.2) is 14.7 Å². The number of nitrogens with zero attached hydrogens (tertiary/aromatic N) is 1. The Morgan fingerprint density at radius 2 is 1.79 bits per heavy atom. The molecule has 0 bridgehead atoms. The fraction of sp³-hybridized carbons (Fsp3) is 0.333. The van der Waals surface area contributed by atoms with Crippen molar-refractivity contribution in [3.63, 3.8) is 0 Å². The van der Waals surface area contributed by atoms with Crippen LogP contribution in [0.15, 0.2) is 24.3 Å². The zero-order chi connectivity index (χ0) is 10.8. The first-order valence-electron chi connectivity index (χ1n) is 4.29. The van der Waals surface area contributed by atoms with Crippen molar-refractivity contribution in [2.75, 3.05) is 10.7 Å². The topological polar surface area (TPSA) is 63.4 Å². The van der Waals surface area contributed by atoms with Gasteiger partial charge in [0, 0.05) is 0 Å². The molecule has 14 heavy (non-hydrogen) atoms.